The predicted molar refractivity (Wildman–Crippen MR) is 75.1 cm³/mol. The lowest BCUT2D eigenvalue weighted by Gasteiger charge is -2.25. The summed E-state index contributed by atoms with van der Waals surface area (Å²) < 4.78 is 0. The van der Waals surface area contributed by atoms with Gasteiger partial charge in [-0.2, -0.15) is 0 Å². The fourth-order valence-corrected chi connectivity index (χ4v) is 2.31. The summed E-state index contributed by atoms with van der Waals surface area (Å²) in [6.07, 6.45) is 1.08. The molecule has 0 aromatic carbocycles. The van der Waals surface area contributed by atoms with Crippen LogP contribution in [0.5, 0.6) is 0 Å². The monoisotopic (exact) mass is 315 g/mol. The number of aliphatic carboxylic acids is 2. The van der Waals surface area contributed by atoms with Crippen LogP contribution in [0, 0.1) is 0 Å². The molecule has 0 unspecified atom stereocenters. The van der Waals surface area contributed by atoms with Crippen LogP contribution < -0.4 is 10.6 Å². The minimum absolute atomic E-state index is 0.185. The lowest BCUT2D eigenvalue weighted by molar-refractivity contribution is -0.140. The second-order valence-corrected chi connectivity index (χ2v) is 5.78. The van der Waals surface area contributed by atoms with Crippen molar-refractivity contribution in [2.45, 2.75) is 38.3 Å². The van der Waals surface area contributed by atoms with E-state index in [1.807, 2.05) is 0 Å². The van der Waals surface area contributed by atoms with Gasteiger partial charge in [0.25, 0.3) is 0 Å². The number of aromatic nitrogens is 1. The molecule has 0 saturated carbocycles. The Morgan fingerprint density at radius 2 is 2.05 bits per heavy atom. The van der Waals surface area contributed by atoms with Crippen molar-refractivity contribution in [2.24, 2.45) is 0 Å². The number of nitrogens with one attached hydrogen (secondary N) is 2. The number of carbonyl (C=O) groups excluding carboxylic acids is 1. The minimum atomic E-state index is -1.28. The third kappa shape index (κ3) is 5.38. The molecule has 0 fully saturated rings. The number of carboxylic acids is 2. The molecule has 0 aliphatic heterocycles. The fourth-order valence-electron chi connectivity index (χ4n) is 1.59. The SMILES string of the molecule is CC(C)(NC(=O)N[C@@H](CCC(=O)O)C(=O)O)c1nccs1. The summed E-state index contributed by atoms with van der Waals surface area (Å²) in [5, 5.41) is 24.8. The van der Waals surface area contributed by atoms with Crippen LogP contribution in [0.25, 0.3) is 0 Å². The highest BCUT2D eigenvalue weighted by atomic mass is 32.1. The van der Waals surface area contributed by atoms with Gasteiger partial charge in [0, 0.05) is 18.0 Å². The molecule has 9 heteroatoms. The van der Waals surface area contributed by atoms with E-state index in [1.54, 1.807) is 25.4 Å². The molecule has 8 nitrogen and oxygen atoms in total. The first-order chi connectivity index (χ1) is 9.72. The van der Waals surface area contributed by atoms with E-state index < -0.39 is 29.6 Å². The van der Waals surface area contributed by atoms with Gasteiger partial charge in [-0.15, -0.1) is 11.3 Å². The number of hydrogen-bond acceptors (Lipinski definition) is 5. The van der Waals surface area contributed by atoms with Gasteiger partial charge in [-0.05, 0) is 20.3 Å². The molecule has 0 spiro atoms. The van der Waals surface area contributed by atoms with Crippen molar-refractivity contribution < 1.29 is 24.6 Å². The van der Waals surface area contributed by atoms with Crippen LogP contribution in [-0.2, 0) is 15.1 Å². The summed E-state index contributed by atoms with van der Waals surface area (Å²) in [6, 6.07) is -1.94. The van der Waals surface area contributed by atoms with E-state index in [9.17, 15) is 14.4 Å². The van der Waals surface area contributed by atoms with Gasteiger partial charge in [-0.1, -0.05) is 0 Å². The Morgan fingerprint density at radius 3 is 2.52 bits per heavy atom. The van der Waals surface area contributed by atoms with Crippen molar-refractivity contribution in [1.29, 1.82) is 0 Å². The lowest BCUT2D eigenvalue weighted by atomic mass is 10.1. The first-order valence-electron chi connectivity index (χ1n) is 6.15. The zero-order chi connectivity index (χ0) is 16.0. The van der Waals surface area contributed by atoms with E-state index in [0.29, 0.717) is 5.01 Å². The number of carbonyl (C=O) groups is 3. The van der Waals surface area contributed by atoms with E-state index in [1.165, 1.54) is 11.3 Å². The van der Waals surface area contributed by atoms with Crippen LogP contribution in [-0.4, -0.2) is 39.2 Å². The lowest BCUT2D eigenvalue weighted by Crippen LogP contribution is -2.51. The zero-order valence-corrected chi connectivity index (χ0v) is 12.4. The average molecular weight is 315 g/mol. The summed E-state index contributed by atoms with van der Waals surface area (Å²) >= 11 is 1.36. The van der Waals surface area contributed by atoms with Crippen molar-refractivity contribution in [3.8, 4) is 0 Å². The zero-order valence-electron chi connectivity index (χ0n) is 11.6. The van der Waals surface area contributed by atoms with Gasteiger partial charge in [-0.25, -0.2) is 14.6 Å². The van der Waals surface area contributed by atoms with Gasteiger partial charge in [-0.3, -0.25) is 4.79 Å². The predicted octanol–water partition coefficient (Wildman–Crippen LogP) is 0.995. The first-order valence-corrected chi connectivity index (χ1v) is 7.03. The summed E-state index contributed by atoms with van der Waals surface area (Å²) in [5.41, 5.74) is -0.756. The molecule has 1 atom stereocenters. The second-order valence-electron chi connectivity index (χ2n) is 4.88. The smallest absolute Gasteiger partial charge is 0.326 e. The molecule has 116 valence electrons. The van der Waals surface area contributed by atoms with E-state index in [-0.39, 0.29) is 12.8 Å². The average Bonchev–Trinajstić information content (AvgIpc) is 2.87. The third-order valence-electron chi connectivity index (χ3n) is 2.64. The normalized spacial score (nSPS) is 12.5. The molecule has 0 radical (unpaired) electrons. The summed E-state index contributed by atoms with van der Waals surface area (Å²) in [5.74, 6) is -2.40. The fraction of sp³-hybridized carbons (Fsp3) is 0.500. The molecular formula is C12H17N3O5S. The number of nitrogens with zero attached hydrogens (tertiary/aromatic N) is 1. The number of urea groups is 1. The Hall–Kier alpha value is -2.16. The van der Waals surface area contributed by atoms with Crippen molar-refractivity contribution in [3.05, 3.63) is 16.6 Å². The highest BCUT2D eigenvalue weighted by Crippen LogP contribution is 2.21. The molecule has 0 aliphatic rings. The number of carboxylic acid groups (broad SMARTS) is 2. The number of rotatable bonds is 7. The topological polar surface area (TPSA) is 129 Å². The third-order valence-corrected chi connectivity index (χ3v) is 3.74. The maximum Gasteiger partial charge on any atom is 0.326 e. The van der Waals surface area contributed by atoms with Gasteiger partial charge < -0.3 is 20.8 Å². The van der Waals surface area contributed by atoms with E-state index in [0.717, 1.165) is 0 Å². The molecule has 1 rings (SSSR count). The van der Waals surface area contributed by atoms with Crippen molar-refractivity contribution in [3.63, 3.8) is 0 Å². The summed E-state index contributed by atoms with van der Waals surface area (Å²) in [6.45, 7) is 3.47. The molecule has 0 saturated heterocycles. The van der Waals surface area contributed by atoms with Crippen LogP contribution in [0.2, 0.25) is 0 Å². The van der Waals surface area contributed by atoms with Gasteiger partial charge >= 0.3 is 18.0 Å². The Balaban J connectivity index is 2.61. The van der Waals surface area contributed by atoms with Crippen LogP contribution >= 0.6 is 11.3 Å². The highest BCUT2D eigenvalue weighted by Gasteiger charge is 2.28. The molecule has 2 amide bonds. The number of amides is 2. The van der Waals surface area contributed by atoms with E-state index >= 15 is 0 Å². The Kier molecular flexibility index (Phi) is 5.65. The van der Waals surface area contributed by atoms with Gasteiger partial charge in [0.15, 0.2) is 0 Å². The maximum absolute atomic E-state index is 11.9. The van der Waals surface area contributed by atoms with Crippen LogP contribution in [0.15, 0.2) is 11.6 Å². The number of hydrogen-bond donors (Lipinski definition) is 4. The Labute approximate surface area is 125 Å². The summed E-state index contributed by atoms with van der Waals surface area (Å²) in [4.78, 5) is 37.4. The highest BCUT2D eigenvalue weighted by molar-refractivity contribution is 7.09. The van der Waals surface area contributed by atoms with Crippen LogP contribution in [0.3, 0.4) is 0 Å². The quantitative estimate of drug-likeness (QED) is 0.594. The minimum Gasteiger partial charge on any atom is -0.481 e. The molecule has 0 bridgehead atoms. The molecule has 1 heterocycles. The molecule has 0 aliphatic carbocycles. The van der Waals surface area contributed by atoms with Crippen LogP contribution in [0.1, 0.15) is 31.7 Å². The molecule has 1 aromatic rings. The van der Waals surface area contributed by atoms with Gasteiger partial charge in [0.2, 0.25) is 0 Å². The standard InChI is InChI=1S/C12H17N3O5S/c1-12(2,10-13-5-6-21-10)15-11(20)14-7(9(18)19)3-4-8(16)17/h5-7H,3-4H2,1-2H3,(H,16,17)(H,18,19)(H2,14,15,20)/t7-/m0/s1. The van der Waals surface area contributed by atoms with Gasteiger partial charge in [0.1, 0.15) is 11.0 Å². The van der Waals surface area contributed by atoms with Crippen LogP contribution in [0.4, 0.5) is 4.79 Å². The molecule has 21 heavy (non-hydrogen) atoms. The van der Waals surface area contributed by atoms with Crippen molar-refractivity contribution in [1.82, 2.24) is 15.6 Å². The Morgan fingerprint density at radius 1 is 1.38 bits per heavy atom. The van der Waals surface area contributed by atoms with E-state index in [4.69, 9.17) is 10.2 Å². The van der Waals surface area contributed by atoms with Crippen molar-refractivity contribution in [2.75, 3.05) is 0 Å². The first kappa shape index (κ1) is 16.9. The second kappa shape index (κ2) is 7.02. The summed E-state index contributed by atoms with van der Waals surface area (Å²) in [7, 11) is 0. The van der Waals surface area contributed by atoms with Crippen molar-refractivity contribution >= 4 is 29.3 Å². The molecule has 4 N–H and O–H groups in total. The molecular weight excluding hydrogens is 298 g/mol. The molecule has 1 aromatic heterocycles. The number of thiazole rings is 1. The Bertz CT molecular complexity index is 515. The maximum atomic E-state index is 11.9. The van der Waals surface area contributed by atoms with E-state index in [2.05, 4.69) is 15.6 Å². The van der Waals surface area contributed by atoms with Gasteiger partial charge in [0.05, 0.1) is 5.54 Å². The largest absolute Gasteiger partial charge is 0.481 e.